The van der Waals surface area contributed by atoms with Crippen LogP contribution in [-0.4, -0.2) is 36.2 Å². The van der Waals surface area contributed by atoms with Gasteiger partial charge in [-0.15, -0.1) is 6.58 Å². The normalized spacial score (nSPS) is 12.5. The Kier molecular flexibility index (Phi) is 6.79. The quantitative estimate of drug-likeness (QED) is 0.541. The highest BCUT2D eigenvalue weighted by molar-refractivity contribution is 5.87. The third-order valence-corrected chi connectivity index (χ3v) is 3.23. The standard InChI is InChI=1S/C17H23NO4/c1-4-10-22-12-14(15(19)20)18-16(21)17(2,3)11-13-8-6-5-7-9-13/h4-9,14H,1,10-12H2,2-3H3,(H,18,21)(H,19,20). The van der Waals surface area contributed by atoms with Crippen LogP contribution >= 0.6 is 0 Å². The molecule has 0 bridgehead atoms. The topological polar surface area (TPSA) is 75.6 Å². The smallest absolute Gasteiger partial charge is 0.328 e. The van der Waals surface area contributed by atoms with Gasteiger partial charge in [-0.25, -0.2) is 4.79 Å². The molecule has 2 N–H and O–H groups in total. The second-order valence-electron chi connectivity index (χ2n) is 5.74. The van der Waals surface area contributed by atoms with Crippen molar-refractivity contribution in [2.45, 2.75) is 26.3 Å². The number of carboxylic acids is 1. The summed E-state index contributed by atoms with van der Waals surface area (Å²) in [5.41, 5.74) is 0.311. The van der Waals surface area contributed by atoms with Gasteiger partial charge in [0.25, 0.3) is 0 Å². The van der Waals surface area contributed by atoms with Gasteiger partial charge in [-0.2, -0.15) is 0 Å². The lowest BCUT2D eigenvalue weighted by Gasteiger charge is -2.26. The highest BCUT2D eigenvalue weighted by atomic mass is 16.5. The van der Waals surface area contributed by atoms with Crippen LogP contribution in [0.15, 0.2) is 43.0 Å². The van der Waals surface area contributed by atoms with E-state index in [9.17, 15) is 9.59 Å². The van der Waals surface area contributed by atoms with Crippen LogP contribution < -0.4 is 5.32 Å². The lowest BCUT2D eigenvalue weighted by atomic mass is 9.84. The van der Waals surface area contributed by atoms with Gasteiger partial charge in [-0.1, -0.05) is 50.3 Å². The van der Waals surface area contributed by atoms with Crippen LogP contribution in [0.1, 0.15) is 19.4 Å². The molecule has 0 spiro atoms. The molecule has 0 aliphatic carbocycles. The van der Waals surface area contributed by atoms with E-state index in [0.717, 1.165) is 5.56 Å². The maximum atomic E-state index is 12.4. The molecule has 0 aliphatic heterocycles. The molecule has 0 saturated carbocycles. The molecule has 0 aliphatic rings. The van der Waals surface area contributed by atoms with Crippen molar-refractivity contribution >= 4 is 11.9 Å². The Labute approximate surface area is 131 Å². The number of carbonyl (C=O) groups is 2. The highest BCUT2D eigenvalue weighted by Crippen LogP contribution is 2.22. The van der Waals surface area contributed by atoms with Crippen molar-refractivity contribution in [1.29, 1.82) is 0 Å². The first-order valence-electron chi connectivity index (χ1n) is 7.13. The van der Waals surface area contributed by atoms with Crippen LogP contribution in [0.5, 0.6) is 0 Å². The molecular weight excluding hydrogens is 282 g/mol. The van der Waals surface area contributed by atoms with Gasteiger partial charge in [0.15, 0.2) is 6.04 Å². The number of hydrogen-bond donors (Lipinski definition) is 2. The van der Waals surface area contributed by atoms with Gasteiger partial charge in [0.05, 0.1) is 13.2 Å². The second-order valence-corrected chi connectivity index (χ2v) is 5.74. The van der Waals surface area contributed by atoms with Crippen LogP contribution in [-0.2, 0) is 20.7 Å². The van der Waals surface area contributed by atoms with E-state index in [1.54, 1.807) is 13.8 Å². The van der Waals surface area contributed by atoms with Crippen LogP contribution in [0.25, 0.3) is 0 Å². The predicted molar refractivity (Wildman–Crippen MR) is 84.5 cm³/mol. The fourth-order valence-corrected chi connectivity index (χ4v) is 1.98. The fraction of sp³-hybridized carbons (Fsp3) is 0.412. The Morgan fingerprint density at radius 2 is 2.00 bits per heavy atom. The second kappa shape index (κ2) is 8.34. The van der Waals surface area contributed by atoms with E-state index < -0.39 is 17.4 Å². The molecule has 1 aromatic carbocycles. The largest absolute Gasteiger partial charge is 0.480 e. The number of rotatable bonds is 9. The van der Waals surface area contributed by atoms with E-state index >= 15 is 0 Å². The summed E-state index contributed by atoms with van der Waals surface area (Å²) in [6.45, 7) is 7.23. The predicted octanol–water partition coefficient (Wildman–Crippen LogP) is 2.03. The van der Waals surface area contributed by atoms with Crippen molar-refractivity contribution in [3.8, 4) is 0 Å². The van der Waals surface area contributed by atoms with Gasteiger partial charge >= 0.3 is 5.97 Å². The van der Waals surface area contributed by atoms with Crippen LogP contribution in [0, 0.1) is 5.41 Å². The molecular formula is C17H23NO4. The molecule has 1 atom stereocenters. The molecule has 5 heteroatoms. The number of ether oxygens (including phenoxy) is 1. The van der Waals surface area contributed by atoms with E-state index in [-0.39, 0.29) is 19.1 Å². The molecule has 1 amide bonds. The van der Waals surface area contributed by atoms with Gasteiger partial charge in [0, 0.05) is 5.41 Å². The molecule has 5 nitrogen and oxygen atoms in total. The number of hydrogen-bond acceptors (Lipinski definition) is 3. The molecule has 0 aromatic heterocycles. The summed E-state index contributed by atoms with van der Waals surface area (Å²) in [6.07, 6.45) is 2.06. The summed E-state index contributed by atoms with van der Waals surface area (Å²) in [4.78, 5) is 23.6. The molecule has 1 rings (SSSR count). The van der Waals surface area contributed by atoms with Crippen LogP contribution in [0.3, 0.4) is 0 Å². The Morgan fingerprint density at radius 3 is 2.55 bits per heavy atom. The lowest BCUT2D eigenvalue weighted by molar-refractivity contribution is -0.145. The molecule has 0 heterocycles. The third kappa shape index (κ3) is 5.69. The summed E-state index contributed by atoms with van der Waals surface area (Å²) >= 11 is 0. The monoisotopic (exact) mass is 305 g/mol. The molecule has 1 unspecified atom stereocenters. The minimum absolute atomic E-state index is 0.0888. The maximum absolute atomic E-state index is 12.4. The van der Waals surface area contributed by atoms with E-state index in [4.69, 9.17) is 9.84 Å². The SMILES string of the molecule is C=CCOCC(NC(=O)C(C)(C)Cc1ccccc1)C(=O)O. The van der Waals surface area contributed by atoms with Crippen molar-refractivity contribution in [1.82, 2.24) is 5.32 Å². The number of amides is 1. The van der Waals surface area contributed by atoms with E-state index in [1.165, 1.54) is 6.08 Å². The number of carboxylic acid groups (broad SMARTS) is 1. The number of nitrogens with one attached hydrogen (secondary N) is 1. The Morgan fingerprint density at radius 1 is 1.36 bits per heavy atom. The Hall–Kier alpha value is -2.14. The molecule has 0 saturated heterocycles. The minimum Gasteiger partial charge on any atom is -0.480 e. The van der Waals surface area contributed by atoms with Crippen molar-refractivity contribution in [2.75, 3.05) is 13.2 Å². The van der Waals surface area contributed by atoms with E-state index in [0.29, 0.717) is 6.42 Å². The highest BCUT2D eigenvalue weighted by Gasteiger charge is 2.31. The van der Waals surface area contributed by atoms with Gasteiger partial charge in [-0.3, -0.25) is 4.79 Å². The Balaban J connectivity index is 2.66. The van der Waals surface area contributed by atoms with Gasteiger partial charge < -0.3 is 15.2 Å². The summed E-state index contributed by atoms with van der Waals surface area (Å²) < 4.78 is 5.12. The van der Waals surface area contributed by atoms with Gasteiger partial charge in [0.1, 0.15) is 0 Å². The molecule has 0 radical (unpaired) electrons. The van der Waals surface area contributed by atoms with E-state index in [2.05, 4.69) is 11.9 Å². The number of carbonyl (C=O) groups excluding carboxylic acids is 1. The summed E-state index contributed by atoms with van der Waals surface area (Å²) in [5.74, 6) is -1.43. The lowest BCUT2D eigenvalue weighted by Crippen LogP contribution is -2.49. The van der Waals surface area contributed by atoms with Crippen LogP contribution in [0.2, 0.25) is 0 Å². The van der Waals surface area contributed by atoms with Crippen molar-refractivity contribution in [2.24, 2.45) is 5.41 Å². The van der Waals surface area contributed by atoms with E-state index in [1.807, 2.05) is 30.3 Å². The van der Waals surface area contributed by atoms with Crippen molar-refractivity contribution < 1.29 is 19.4 Å². The first kappa shape index (κ1) is 17.9. The Bertz CT molecular complexity index is 511. The molecule has 1 aromatic rings. The summed E-state index contributed by atoms with van der Waals surface area (Å²) in [5, 5.41) is 11.7. The first-order valence-corrected chi connectivity index (χ1v) is 7.13. The molecule has 120 valence electrons. The fourth-order valence-electron chi connectivity index (χ4n) is 1.98. The van der Waals surface area contributed by atoms with Crippen molar-refractivity contribution in [3.63, 3.8) is 0 Å². The third-order valence-electron chi connectivity index (χ3n) is 3.23. The molecule has 22 heavy (non-hydrogen) atoms. The average molecular weight is 305 g/mol. The average Bonchev–Trinajstić information content (AvgIpc) is 2.46. The van der Waals surface area contributed by atoms with Gasteiger partial charge in [0.2, 0.25) is 5.91 Å². The number of benzene rings is 1. The van der Waals surface area contributed by atoms with Crippen LogP contribution in [0.4, 0.5) is 0 Å². The zero-order valence-corrected chi connectivity index (χ0v) is 13.0. The summed E-state index contributed by atoms with van der Waals surface area (Å²) in [6, 6.07) is 8.54. The number of aliphatic carboxylic acids is 1. The molecule has 0 fully saturated rings. The summed E-state index contributed by atoms with van der Waals surface area (Å²) in [7, 11) is 0. The maximum Gasteiger partial charge on any atom is 0.328 e. The zero-order chi connectivity index (χ0) is 16.6. The minimum atomic E-state index is -1.12. The first-order chi connectivity index (χ1) is 10.4. The van der Waals surface area contributed by atoms with Crippen molar-refractivity contribution in [3.05, 3.63) is 48.6 Å². The zero-order valence-electron chi connectivity index (χ0n) is 13.0. The van der Waals surface area contributed by atoms with Gasteiger partial charge in [-0.05, 0) is 12.0 Å².